The van der Waals surface area contributed by atoms with Crippen molar-refractivity contribution in [3.8, 4) is 0 Å². The van der Waals surface area contributed by atoms with E-state index < -0.39 is 11.6 Å². The van der Waals surface area contributed by atoms with Crippen LogP contribution in [0.1, 0.15) is 32.6 Å². The van der Waals surface area contributed by atoms with Gasteiger partial charge in [0.15, 0.2) is 11.4 Å². The third-order valence-corrected chi connectivity index (χ3v) is 6.61. The SMILES string of the molecule is CC[C@@]1(O)C(=O)OCC2=C1CC1=C3NC4=C(C=C3CN1C2=O)C(C(=O)CN)=CCC4. The molecule has 0 unspecified atom stereocenters. The molecule has 156 valence electrons. The zero-order chi connectivity index (χ0) is 21.2. The van der Waals surface area contributed by atoms with Gasteiger partial charge in [-0.2, -0.15) is 0 Å². The number of ether oxygens (including phenoxy) is 1. The van der Waals surface area contributed by atoms with Crippen LogP contribution in [0.15, 0.2) is 57.1 Å². The molecule has 0 radical (unpaired) electrons. The van der Waals surface area contributed by atoms with E-state index in [-0.39, 0.29) is 31.3 Å². The first-order valence-corrected chi connectivity index (χ1v) is 10.2. The van der Waals surface area contributed by atoms with Crippen molar-refractivity contribution in [2.24, 2.45) is 5.73 Å². The second-order valence-corrected chi connectivity index (χ2v) is 8.11. The Morgan fingerprint density at radius 2 is 2.20 bits per heavy atom. The number of nitrogens with two attached hydrogens (primary N) is 1. The molecule has 0 bridgehead atoms. The molecule has 1 atom stereocenters. The fourth-order valence-corrected chi connectivity index (χ4v) is 4.92. The Balaban J connectivity index is 1.57. The highest BCUT2D eigenvalue weighted by molar-refractivity contribution is 6.03. The predicted octanol–water partition coefficient (Wildman–Crippen LogP) is 0.470. The molecular formula is C22H23N3O5. The standard InChI is InChI=1S/C22H23N3O5/c1-2-22(29)15-7-17-19-11(9-25(17)20(27)14(15)10-30-21(22)28)6-13-12(18(26)8-23)4-3-5-16(13)24-19/h4,6,24,29H,2-3,5,7-10,23H2,1H3/t22-/m0/s1. The fraction of sp³-hybridized carbons (Fsp3) is 0.409. The molecule has 5 rings (SSSR count). The first kappa shape index (κ1) is 19.0. The van der Waals surface area contributed by atoms with Crippen molar-refractivity contribution >= 4 is 17.7 Å². The molecule has 0 aromatic rings. The molecule has 8 nitrogen and oxygen atoms in total. The van der Waals surface area contributed by atoms with Crippen molar-refractivity contribution in [3.05, 3.63) is 57.1 Å². The second kappa shape index (κ2) is 6.52. The van der Waals surface area contributed by atoms with Crippen molar-refractivity contribution in [2.45, 2.75) is 38.2 Å². The Hall–Kier alpha value is -2.97. The average molecular weight is 409 g/mol. The third-order valence-electron chi connectivity index (χ3n) is 6.61. The molecule has 0 aromatic heterocycles. The number of cyclic esters (lactones) is 1. The minimum atomic E-state index is -1.78. The lowest BCUT2D eigenvalue weighted by molar-refractivity contribution is -0.164. The number of aliphatic hydroxyl groups is 1. The topological polar surface area (TPSA) is 122 Å². The molecule has 30 heavy (non-hydrogen) atoms. The van der Waals surface area contributed by atoms with Crippen LogP contribution < -0.4 is 11.1 Å². The summed E-state index contributed by atoms with van der Waals surface area (Å²) < 4.78 is 5.12. The quantitative estimate of drug-likeness (QED) is 0.579. The van der Waals surface area contributed by atoms with E-state index in [1.54, 1.807) is 11.8 Å². The number of rotatable bonds is 3. The number of esters is 1. The van der Waals surface area contributed by atoms with Crippen molar-refractivity contribution < 1.29 is 24.2 Å². The van der Waals surface area contributed by atoms with Crippen LogP contribution in [-0.2, 0) is 19.1 Å². The largest absolute Gasteiger partial charge is 0.458 e. The van der Waals surface area contributed by atoms with Crippen LogP contribution in [0.25, 0.3) is 0 Å². The number of ketones is 1. The Kier molecular flexibility index (Phi) is 4.13. The van der Waals surface area contributed by atoms with E-state index in [2.05, 4.69) is 5.32 Å². The van der Waals surface area contributed by atoms with E-state index >= 15 is 0 Å². The maximum absolute atomic E-state index is 13.2. The summed E-state index contributed by atoms with van der Waals surface area (Å²) in [7, 11) is 0. The van der Waals surface area contributed by atoms with Gasteiger partial charge in [0.05, 0.1) is 24.4 Å². The molecule has 0 aromatic carbocycles. The molecule has 0 saturated heterocycles. The van der Waals surface area contributed by atoms with Gasteiger partial charge in [-0.15, -0.1) is 0 Å². The van der Waals surface area contributed by atoms with Crippen molar-refractivity contribution in [2.75, 3.05) is 19.7 Å². The van der Waals surface area contributed by atoms with E-state index in [1.165, 1.54) is 0 Å². The van der Waals surface area contributed by atoms with Crippen LogP contribution in [0.3, 0.4) is 0 Å². The predicted molar refractivity (Wildman–Crippen MR) is 106 cm³/mol. The highest BCUT2D eigenvalue weighted by Crippen LogP contribution is 2.45. The summed E-state index contributed by atoms with van der Waals surface area (Å²) in [4.78, 5) is 39.4. The number of carbonyl (C=O) groups is 3. The number of nitrogens with zero attached hydrogens (tertiary/aromatic N) is 1. The number of nitrogens with one attached hydrogen (secondary N) is 1. The van der Waals surface area contributed by atoms with Gasteiger partial charge in [0.25, 0.3) is 5.91 Å². The Bertz CT molecular complexity index is 1070. The molecule has 5 aliphatic rings. The van der Waals surface area contributed by atoms with Crippen LogP contribution in [0, 0.1) is 0 Å². The number of allylic oxidation sites excluding steroid dienone is 5. The van der Waals surface area contributed by atoms with Crippen LogP contribution in [0.5, 0.6) is 0 Å². The van der Waals surface area contributed by atoms with Gasteiger partial charge in [-0.1, -0.05) is 13.0 Å². The molecule has 0 fully saturated rings. The maximum atomic E-state index is 13.2. The zero-order valence-corrected chi connectivity index (χ0v) is 16.7. The molecule has 1 aliphatic carbocycles. The lowest BCUT2D eigenvalue weighted by atomic mass is 9.80. The number of hydrogen-bond donors (Lipinski definition) is 3. The molecular weight excluding hydrogens is 386 g/mol. The minimum Gasteiger partial charge on any atom is -0.458 e. The number of carbonyl (C=O) groups excluding carboxylic acids is 3. The molecule has 4 heterocycles. The smallest absolute Gasteiger partial charge is 0.342 e. The maximum Gasteiger partial charge on any atom is 0.342 e. The first-order valence-electron chi connectivity index (χ1n) is 10.2. The monoisotopic (exact) mass is 409 g/mol. The van der Waals surface area contributed by atoms with Gasteiger partial charge in [0, 0.05) is 29.0 Å². The number of fused-ring (bicyclic) bond motifs is 2. The molecule has 1 amide bonds. The fourth-order valence-electron chi connectivity index (χ4n) is 4.92. The Morgan fingerprint density at radius 1 is 1.40 bits per heavy atom. The van der Waals surface area contributed by atoms with Gasteiger partial charge >= 0.3 is 5.97 Å². The van der Waals surface area contributed by atoms with E-state index in [4.69, 9.17) is 10.5 Å². The molecule has 8 heteroatoms. The van der Waals surface area contributed by atoms with Gasteiger partial charge < -0.3 is 25.8 Å². The zero-order valence-electron chi connectivity index (χ0n) is 16.7. The molecule has 4 N–H and O–H groups in total. The van der Waals surface area contributed by atoms with Crippen LogP contribution >= 0.6 is 0 Å². The number of Topliss-reactive ketones (excluding diaryl/α,β-unsaturated/α-hetero) is 1. The van der Waals surface area contributed by atoms with Crippen LogP contribution in [0.2, 0.25) is 0 Å². The lowest BCUT2D eigenvalue weighted by Crippen LogP contribution is -2.50. The normalized spacial score (nSPS) is 27.6. The number of amides is 1. The number of dihydropyridines is 1. The van der Waals surface area contributed by atoms with E-state index in [1.807, 2.05) is 12.2 Å². The summed E-state index contributed by atoms with van der Waals surface area (Å²) >= 11 is 0. The van der Waals surface area contributed by atoms with Crippen molar-refractivity contribution in [1.29, 1.82) is 0 Å². The molecule has 0 saturated carbocycles. The summed E-state index contributed by atoms with van der Waals surface area (Å²) in [6.45, 7) is 1.90. The Labute approximate surface area is 173 Å². The summed E-state index contributed by atoms with van der Waals surface area (Å²) in [5.74, 6) is -1.06. The molecule has 4 aliphatic heterocycles. The first-order chi connectivity index (χ1) is 14.4. The second-order valence-electron chi connectivity index (χ2n) is 8.11. The highest BCUT2D eigenvalue weighted by atomic mass is 16.6. The van der Waals surface area contributed by atoms with E-state index in [0.717, 1.165) is 41.1 Å². The summed E-state index contributed by atoms with van der Waals surface area (Å²) in [5, 5.41) is 14.4. The van der Waals surface area contributed by atoms with Gasteiger partial charge in [-0.05, 0) is 36.5 Å². The van der Waals surface area contributed by atoms with E-state index in [9.17, 15) is 19.5 Å². The van der Waals surface area contributed by atoms with Crippen LogP contribution in [0.4, 0.5) is 0 Å². The summed E-state index contributed by atoms with van der Waals surface area (Å²) in [6, 6.07) is 0. The van der Waals surface area contributed by atoms with E-state index in [0.29, 0.717) is 29.7 Å². The van der Waals surface area contributed by atoms with Crippen molar-refractivity contribution in [3.63, 3.8) is 0 Å². The van der Waals surface area contributed by atoms with Gasteiger partial charge in [0.1, 0.15) is 6.61 Å². The minimum absolute atomic E-state index is 0.0510. The van der Waals surface area contributed by atoms with Crippen molar-refractivity contribution in [1.82, 2.24) is 10.2 Å². The summed E-state index contributed by atoms with van der Waals surface area (Å²) in [6.07, 6.45) is 5.81. The Morgan fingerprint density at radius 3 is 2.93 bits per heavy atom. The van der Waals surface area contributed by atoms with Gasteiger partial charge in [-0.3, -0.25) is 9.59 Å². The van der Waals surface area contributed by atoms with Gasteiger partial charge in [0.2, 0.25) is 0 Å². The summed E-state index contributed by atoms with van der Waals surface area (Å²) in [5.41, 5.74) is 9.48. The molecule has 0 spiro atoms. The average Bonchev–Trinajstić information content (AvgIpc) is 3.12. The third kappa shape index (κ3) is 2.44. The number of hydrogen-bond acceptors (Lipinski definition) is 7. The highest BCUT2D eigenvalue weighted by Gasteiger charge is 2.51. The van der Waals surface area contributed by atoms with Gasteiger partial charge in [-0.25, -0.2) is 4.79 Å². The van der Waals surface area contributed by atoms with Crippen LogP contribution in [-0.4, -0.2) is 53.0 Å². The lowest BCUT2D eigenvalue weighted by Gasteiger charge is -2.39.